The highest BCUT2D eigenvalue weighted by Crippen LogP contribution is 2.22. The van der Waals surface area contributed by atoms with E-state index in [9.17, 15) is 4.79 Å². The normalized spacial score (nSPS) is 10.9. The minimum atomic E-state index is 0.0109. The Balaban J connectivity index is 2.25. The maximum absolute atomic E-state index is 12.2. The lowest BCUT2D eigenvalue weighted by Crippen LogP contribution is -2.29. The SMILES string of the molecule is CCCCNCc1cc(-c2cccs2)nn(CC)c1=O. The van der Waals surface area contributed by atoms with Gasteiger partial charge in [0.25, 0.3) is 5.56 Å². The van der Waals surface area contributed by atoms with Crippen molar-refractivity contribution in [3.63, 3.8) is 0 Å². The zero-order valence-corrected chi connectivity index (χ0v) is 12.9. The monoisotopic (exact) mass is 291 g/mol. The van der Waals surface area contributed by atoms with Crippen molar-refractivity contribution in [2.45, 2.75) is 39.8 Å². The number of thiophene rings is 1. The van der Waals surface area contributed by atoms with E-state index in [4.69, 9.17) is 0 Å². The largest absolute Gasteiger partial charge is 0.312 e. The molecule has 5 heteroatoms. The number of nitrogens with one attached hydrogen (secondary N) is 1. The molecule has 0 atom stereocenters. The number of nitrogens with zero attached hydrogens (tertiary/aromatic N) is 2. The van der Waals surface area contributed by atoms with E-state index >= 15 is 0 Å². The molecule has 0 saturated carbocycles. The summed E-state index contributed by atoms with van der Waals surface area (Å²) in [6, 6.07) is 5.95. The van der Waals surface area contributed by atoms with Gasteiger partial charge in [0.15, 0.2) is 0 Å². The zero-order valence-electron chi connectivity index (χ0n) is 12.1. The average molecular weight is 291 g/mol. The standard InChI is InChI=1S/C15H21N3OS/c1-3-5-8-16-11-12-10-13(14-7-6-9-20-14)17-18(4-2)15(12)19/h6-7,9-10,16H,3-5,8,11H2,1-2H3. The van der Waals surface area contributed by atoms with Crippen LogP contribution in [0.5, 0.6) is 0 Å². The highest BCUT2D eigenvalue weighted by molar-refractivity contribution is 7.13. The lowest BCUT2D eigenvalue weighted by molar-refractivity contribution is 0.590. The van der Waals surface area contributed by atoms with Crippen molar-refractivity contribution in [1.29, 1.82) is 0 Å². The molecule has 2 aromatic rings. The van der Waals surface area contributed by atoms with Crippen LogP contribution in [0.15, 0.2) is 28.4 Å². The van der Waals surface area contributed by atoms with Crippen LogP contribution in [-0.4, -0.2) is 16.3 Å². The molecule has 20 heavy (non-hydrogen) atoms. The summed E-state index contributed by atoms with van der Waals surface area (Å²) in [5.41, 5.74) is 1.69. The fourth-order valence-corrected chi connectivity index (χ4v) is 2.69. The maximum Gasteiger partial charge on any atom is 0.271 e. The summed E-state index contributed by atoms with van der Waals surface area (Å²) in [4.78, 5) is 13.3. The first-order valence-corrected chi connectivity index (χ1v) is 7.99. The summed E-state index contributed by atoms with van der Waals surface area (Å²) in [6.45, 7) is 6.26. The Morgan fingerprint density at radius 2 is 2.25 bits per heavy atom. The van der Waals surface area contributed by atoms with Crippen LogP contribution >= 0.6 is 11.3 Å². The van der Waals surface area contributed by atoms with Crippen molar-refractivity contribution >= 4 is 11.3 Å². The van der Waals surface area contributed by atoms with Crippen molar-refractivity contribution in [3.05, 3.63) is 39.5 Å². The van der Waals surface area contributed by atoms with Crippen LogP contribution in [0.4, 0.5) is 0 Å². The van der Waals surface area contributed by atoms with Crippen LogP contribution in [0.25, 0.3) is 10.6 Å². The van der Waals surface area contributed by atoms with Crippen LogP contribution in [-0.2, 0) is 13.1 Å². The second-order valence-electron chi connectivity index (χ2n) is 4.68. The summed E-state index contributed by atoms with van der Waals surface area (Å²) < 4.78 is 1.55. The molecule has 108 valence electrons. The highest BCUT2D eigenvalue weighted by atomic mass is 32.1. The summed E-state index contributed by atoms with van der Waals surface area (Å²) in [5, 5.41) is 9.78. The molecule has 0 unspecified atom stereocenters. The second kappa shape index (κ2) is 7.36. The van der Waals surface area contributed by atoms with Crippen LogP contribution in [0.3, 0.4) is 0 Å². The van der Waals surface area contributed by atoms with Crippen LogP contribution in [0.1, 0.15) is 32.3 Å². The molecule has 0 bridgehead atoms. The lowest BCUT2D eigenvalue weighted by atomic mass is 10.2. The maximum atomic E-state index is 12.2. The predicted molar refractivity (Wildman–Crippen MR) is 84.1 cm³/mol. The third-order valence-corrected chi connectivity index (χ3v) is 4.04. The summed E-state index contributed by atoms with van der Waals surface area (Å²) in [7, 11) is 0. The molecule has 2 rings (SSSR count). The Morgan fingerprint density at radius 3 is 2.90 bits per heavy atom. The molecule has 0 spiro atoms. The topological polar surface area (TPSA) is 46.9 Å². The minimum absolute atomic E-state index is 0.0109. The van der Waals surface area contributed by atoms with Crippen LogP contribution < -0.4 is 10.9 Å². The third kappa shape index (κ3) is 3.55. The first-order valence-electron chi connectivity index (χ1n) is 7.11. The van der Waals surface area contributed by atoms with Gasteiger partial charge in [-0.25, -0.2) is 4.68 Å². The lowest BCUT2D eigenvalue weighted by Gasteiger charge is -2.09. The molecule has 2 heterocycles. The molecule has 0 fully saturated rings. The molecule has 0 radical (unpaired) electrons. The van der Waals surface area contributed by atoms with E-state index in [-0.39, 0.29) is 5.56 Å². The van der Waals surface area contributed by atoms with Gasteiger partial charge in [-0.2, -0.15) is 5.10 Å². The summed E-state index contributed by atoms with van der Waals surface area (Å²) >= 11 is 1.64. The summed E-state index contributed by atoms with van der Waals surface area (Å²) in [6.07, 6.45) is 2.29. The van der Waals surface area contributed by atoms with E-state index in [0.29, 0.717) is 13.1 Å². The quantitative estimate of drug-likeness (QED) is 0.798. The molecule has 0 saturated heterocycles. The van der Waals surface area contributed by atoms with Gasteiger partial charge in [0, 0.05) is 18.7 Å². The molecule has 0 aliphatic rings. The van der Waals surface area contributed by atoms with Crippen molar-refractivity contribution in [2.24, 2.45) is 0 Å². The van der Waals surface area contributed by atoms with Crippen molar-refractivity contribution in [3.8, 4) is 10.6 Å². The molecule has 4 nitrogen and oxygen atoms in total. The molecule has 0 aliphatic heterocycles. The van der Waals surface area contributed by atoms with Gasteiger partial charge < -0.3 is 5.32 Å². The van der Waals surface area contributed by atoms with Gasteiger partial charge in [-0.3, -0.25) is 4.79 Å². The Labute approximate surface area is 123 Å². The van der Waals surface area contributed by atoms with E-state index in [2.05, 4.69) is 17.3 Å². The van der Waals surface area contributed by atoms with Crippen LogP contribution in [0.2, 0.25) is 0 Å². The van der Waals surface area contributed by atoms with Gasteiger partial charge in [-0.05, 0) is 37.4 Å². The fraction of sp³-hybridized carbons (Fsp3) is 0.467. The number of unbranched alkanes of at least 4 members (excludes halogenated alkanes) is 1. The van der Waals surface area contributed by atoms with Gasteiger partial charge >= 0.3 is 0 Å². The Morgan fingerprint density at radius 1 is 1.40 bits per heavy atom. The average Bonchev–Trinajstić information content (AvgIpc) is 2.99. The Bertz CT molecular complexity index is 590. The van der Waals surface area contributed by atoms with E-state index < -0.39 is 0 Å². The molecule has 2 aromatic heterocycles. The van der Waals surface area contributed by atoms with E-state index in [0.717, 1.165) is 35.5 Å². The molecular weight excluding hydrogens is 270 g/mol. The van der Waals surface area contributed by atoms with Gasteiger partial charge in [-0.1, -0.05) is 19.4 Å². The van der Waals surface area contributed by atoms with E-state index in [1.807, 2.05) is 30.5 Å². The number of hydrogen-bond donors (Lipinski definition) is 1. The van der Waals surface area contributed by atoms with Crippen molar-refractivity contribution in [1.82, 2.24) is 15.1 Å². The second-order valence-corrected chi connectivity index (χ2v) is 5.63. The minimum Gasteiger partial charge on any atom is -0.312 e. The van der Waals surface area contributed by atoms with Crippen LogP contribution in [0, 0.1) is 0 Å². The van der Waals surface area contributed by atoms with Gasteiger partial charge in [-0.15, -0.1) is 11.3 Å². The highest BCUT2D eigenvalue weighted by Gasteiger charge is 2.09. The van der Waals surface area contributed by atoms with Gasteiger partial charge in [0.05, 0.1) is 4.88 Å². The van der Waals surface area contributed by atoms with Crippen molar-refractivity contribution in [2.75, 3.05) is 6.54 Å². The Hall–Kier alpha value is -1.46. The summed E-state index contributed by atoms with van der Waals surface area (Å²) in [5.74, 6) is 0. The molecule has 0 amide bonds. The fourth-order valence-electron chi connectivity index (χ4n) is 2.01. The van der Waals surface area contributed by atoms with Gasteiger partial charge in [0.1, 0.15) is 5.69 Å². The number of hydrogen-bond acceptors (Lipinski definition) is 4. The molecule has 0 aliphatic carbocycles. The van der Waals surface area contributed by atoms with Crippen molar-refractivity contribution < 1.29 is 0 Å². The smallest absolute Gasteiger partial charge is 0.271 e. The molecule has 0 aromatic carbocycles. The Kier molecular flexibility index (Phi) is 5.49. The van der Waals surface area contributed by atoms with E-state index in [1.165, 1.54) is 0 Å². The number of aryl methyl sites for hydroxylation is 1. The first-order chi connectivity index (χ1) is 9.76. The number of aromatic nitrogens is 2. The predicted octanol–water partition coefficient (Wildman–Crippen LogP) is 2.88. The number of rotatable bonds is 7. The molecular formula is C15H21N3OS. The van der Waals surface area contributed by atoms with Gasteiger partial charge in [0.2, 0.25) is 0 Å². The van der Waals surface area contributed by atoms with E-state index in [1.54, 1.807) is 16.0 Å². The third-order valence-electron chi connectivity index (χ3n) is 3.14. The first kappa shape index (κ1) is 14.9. The zero-order chi connectivity index (χ0) is 14.4. The molecule has 1 N–H and O–H groups in total.